The van der Waals surface area contributed by atoms with E-state index in [4.69, 9.17) is 11.6 Å². The molecule has 1 aromatic carbocycles. The Morgan fingerprint density at radius 3 is 3.08 bits per heavy atom. The van der Waals surface area contributed by atoms with E-state index in [0.29, 0.717) is 17.3 Å². The van der Waals surface area contributed by atoms with E-state index in [0.717, 1.165) is 23.4 Å². The third-order valence-corrected chi connectivity index (χ3v) is 5.29. The van der Waals surface area contributed by atoms with Crippen LogP contribution in [0.4, 0.5) is 5.69 Å². The van der Waals surface area contributed by atoms with Gasteiger partial charge in [-0.15, -0.1) is 11.8 Å². The fraction of sp³-hybridized carbons (Fsp3) is 0.353. The van der Waals surface area contributed by atoms with Crippen molar-refractivity contribution in [3.63, 3.8) is 0 Å². The number of halogens is 1. The zero-order valence-electron chi connectivity index (χ0n) is 13.8. The Morgan fingerprint density at radius 1 is 1.48 bits per heavy atom. The number of carbonyl (C=O) groups is 2. The summed E-state index contributed by atoms with van der Waals surface area (Å²) in [4.78, 5) is 25.2. The minimum Gasteiger partial charge on any atom is -0.356 e. The molecule has 8 heteroatoms. The Bertz CT molecular complexity index is 793. The first-order valence-corrected chi connectivity index (χ1v) is 9.30. The predicted molar refractivity (Wildman–Crippen MR) is 98.9 cm³/mol. The number of nitrogens with zero attached hydrogens (tertiary/aromatic N) is 2. The Balaban J connectivity index is 1.44. The maximum atomic E-state index is 12.2. The molecule has 0 saturated carbocycles. The number of amides is 2. The summed E-state index contributed by atoms with van der Waals surface area (Å²) in [6.45, 7) is 3.30. The van der Waals surface area contributed by atoms with E-state index in [1.54, 1.807) is 12.1 Å². The molecule has 132 valence electrons. The number of anilines is 1. The highest BCUT2D eigenvalue weighted by atomic mass is 35.5. The van der Waals surface area contributed by atoms with Crippen LogP contribution in [0.25, 0.3) is 0 Å². The normalized spacial score (nSPS) is 16.2. The van der Waals surface area contributed by atoms with Crippen LogP contribution in [-0.2, 0) is 16.1 Å². The number of nitrogens with one attached hydrogen (secondary N) is 2. The number of hydrogen-bond donors (Lipinski definition) is 2. The average molecular weight is 379 g/mol. The number of fused-ring (bicyclic) bond motifs is 1. The molecule has 1 aliphatic rings. The van der Waals surface area contributed by atoms with E-state index >= 15 is 0 Å². The van der Waals surface area contributed by atoms with Gasteiger partial charge in [-0.1, -0.05) is 11.6 Å². The molecule has 1 aromatic heterocycles. The number of carbonyl (C=O) groups excluding carboxylic acids is 2. The molecule has 25 heavy (non-hydrogen) atoms. The average Bonchev–Trinajstić information content (AvgIpc) is 2.98. The number of aryl methyl sites for hydroxylation is 2. The van der Waals surface area contributed by atoms with Crippen molar-refractivity contribution in [2.75, 3.05) is 11.9 Å². The van der Waals surface area contributed by atoms with Crippen molar-refractivity contribution in [2.45, 2.75) is 36.5 Å². The van der Waals surface area contributed by atoms with Gasteiger partial charge in [0.15, 0.2) is 0 Å². The molecule has 2 heterocycles. The molecule has 3 rings (SSSR count). The first kappa shape index (κ1) is 17.8. The van der Waals surface area contributed by atoms with E-state index in [-0.39, 0.29) is 18.2 Å². The van der Waals surface area contributed by atoms with Gasteiger partial charge in [-0.2, -0.15) is 5.10 Å². The predicted octanol–water partition coefficient (Wildman–Crippen LogP) is 2.85. The fourth-order valence-electron chi connectivity index (χ4n) is 2.56. The number of rotatable bonds is 6. The highest BCUT2D eigenvalue weighted by Gasteiger charge is 2.28. The molecule has 2 N–H and O–H groups in total. The first-order valence-electron chi connectivity index (χ1n) is 8.04. The minimum absolute atomic E-state index is 0.123. The van der Waals surface area contributed by atoms with Gasteiger partial charge >= 0.3 is 0 Å². The largest absolute Gasteiger partial charge is 0.356 e. The summed E-state index contributed by atoms with van der Waals surface area (Å²) in [6.07, 6.45) is 4.72. The molecule has 6 nitrogen and oxygen atoms in total. The summed E-state index contributed by atoms with van der Waals surface area (Å²) < 4.78 is 1.86. The molecule has 0 radical (unpaired) electrons. The van der Waals surface area contributed by atoms with Crippen LogP contribution in [0.15, 0.2) is 35.5 Å². The lowest BCUT2D eigenvalue weighted by Crippen LogP contribution is -2.35. The minimum atomic E-state index is -0.428. The van der Waals surface area contributed by atoms with Crippen molar-refractivity contribution < 1.29 is 9.59 Å². The molecule has 2 amide bonds. The number of thioether (sulfide) groups is 1. The van der Waals surface area contributed by atoms with Crippen molar-refractivity contribution in [3.8, 4) is 0 Å². The molecule has 0 saturated heterocycles. The maximum Gasteiger partial charge on any atom is 0.238 e. The van der Waals surface area contributed by atoms with Crippen molar-refractivity contribution in [2.24, 2.45) is 0 Å². The molecule has 0 spiro atoms. The lowest BCUT2D eigenvalue weighted by atomic mass is 10.2. The Hall–Kier alpha value is -1.99. The second kappa shape index (κ2) is 7.93. The number of benzene rings is 1. The van der Waals surface area contributed by atoms with Gasteiger partial charge in [0.05, 0.1) is 17.1 Å². The van der Waals surface area contributed by atoms with E-state index in [2.05, 4.69) is 15.7 Å². The van der Waals surface area contributed by atoms with Crippen molar-refractivity contribution in [3.05, 3.63) is 41.2 Å². The molecule has 0 fully saturated rings. The molecular formula is C17H19ClN4O2S. The Labute approximate surface area is 155 Å². The summed E-state index contributed by atoms with van der Waals surface area (Å²) in [5.41, 5.74) is 1.82. The van der Waals surface area contributed by atoms with Gasteiger partial charge in [0.25, 0.3) is 0 Å². The monoisotopic (exact) mass is 378 g/mol. The third kappa shape index (κ3) is 4.76. The second-order valence-electron chi connectivity index (χ2n) is 5.92. The standard InChI is InChI=1S/C17H19ClN4O2S/c1-11-9-20-22(10-11)6-2-5-19-16(23)8-15-17(24)21-13-7-12(18)3-4-14(13)25-15/h3-4,7,9-10,15H,2,5-6,8H2,1H3,(H,19,23)(H,21,24). The summed E-state index contributed by atoms with van der Waals surface area (Å²) in [5, 5.41) is 10.0. The van der Waals surface area contributed by atoms with Crippen molar-refractivity contribution in [1.29, 1.82) is 0 Å². The number of aromatic nitrogens is 2. The second-order valence-corrected chi connectivity index (χ2v) is 7.61. The molecular weight excluding hydrogens is 360 g/mol. The van der Waals surface area contributed by atoms with Gasteiger partial charge < -0.3 is 10.6 Å². The van der Waals surface area contributed by atoms with E-state index < -0.39 is 5.25 Å². The lowest BCUT2D eigenvalue weighted by molar-refractivity contribution is -0.124. The number of hydrogen-bond acceptors (Lipinski definition) is 4. The fourth-order valence-corrected chi connectivity index (χ4v) is 3.82. The molecule has 0 aliphatic carbocycles. The molecule has 1 atom stereocenters. The summed E-state index contributed by atoms with van der Waals surface area (Å²) in [5.74, 6) is -0.288. The third-order valence-electron chi connectivity index (χ3n) is 3.78. The van der Waals surface area contributed by atoms with Crippen LogP contribution in [0.1, 0.15) is 18.4 Å². The Morgan fingerprint density at radius 2 is 2.32 bits per heavy atom. The van der Waals surface area contributed by atoms with Crippen LogP contribution in [0.5, 0.6) is 0 Å². The van der Waals surface area contributed by atoms with Gasteiger partial charge in [-0.3, -0.25) is 14.3 Å². The van der Waals surface area contributed by atoms with Crippen LogP contribution in [0, 0.1) is 6.92 Å². The van der Waals surface area contributed by atoms with Crippen molar-refractivity contribution in [1.82, 2.24) is 15.1 Å². The summed E-state index contributed by atoms with van der Waals surface area (Å²) in [7, 11) is 0. The molecule has 0 bridgehead atoms. The van der Waals surface area contributed by atoms with Crippen LogP contribution >= 0.6 is 23.4 Å². The zero-order chi connectivity index (χ0) is 17.8. The van der Waals surface area contributed by atoms with E-state index in [1.165, 1.54) is 11.8 Å². The van der Waals surface area contributed by atoms with E-state index in [1.807, 2.05) is 30.1 Å². The van der Waals surface area contributed by atoms with Gasteiger partial charge in [-0.25, -0.2) is 0 Å². The molecule has 1 aliphatic heterocycles. The SMILES string of the molecule is Cc1cnn(CCCNC(=O)CC2Sc3ccc(Cl)cc3NC2=O)c1. The molecule has 1 unspecified atom stereocenters. The summed E-state index contributed by atoms with van der Waals surface area (Å²) >= 11 is 7.33. The van der Waals surface area contributed by atoms with Crippen LogP contribution in [0.2, 0.25) is 5.02 Å². The highest BCUT2D eigenvalue weighted by Crippen LogP contribution is 2.38. The van der Waals surface area contributed by atoms with Gasteiger partial charge in [-0.05, 0) is 37.1 Å². The molecule has 2 aromatic rings. The van der Waals surface area contributed by atoms with Gasteiger partial charge in [0, 0.05) is 35.6 Å². The highest BCUT2D eigenvalue weighted by molar-refractivity contribution is 8.01. The van der Waals surface area contributed by atoms with Crippen LogP contribution in [0.3, 0.4) is 0 Å². The van der Waals surface area contributed by atoms with Crippen LogP contribution in [-0.4, -0.2) is 33.4 Å². The van der Waals surface area contributed by atoms with Gasteiger partial charge in [0.1, 0.15) is 0 Å². The zero-order valence-corrected chi connectivity index (χ0v) is 15.4. The topological polar surface area (TPSA) is 76.0 Å². The quantitative estimate of drug-likeness (QED) is 0.758. The van der Waals surface area contributed by atoms with Crippen LogP contribution < -0.4 is 10.6 Å². The maximum absolute atomic E-state index is 12.2. The van der Waals surface area contributed by atoms with Gasteiger partial charge in [0.2, 0.25) is 11.8 Å². The first-order chi connectivity index (χ1) is 12.0. The summed E-state index contributed by atoms with van der Waals surface area (Å²) in [6, 6.07) is 5.35. The van der Waals surface area contributed by atoms with Crippen molar-refractivity contribution >= 4 is 40.9 Å². The Kier molecular flexibility index (Phi) is 5.65. The lowest BCUT2D eigenvalue weighted by Gasteiger charge is -2.23. The smallest absolute Gasteiger partial charge is 0.238 e. The van der Waals surface area contributed by atoms with E-state index in [9.17, 15) is 9.59 Å².